The van der Waals surface area contributed by atoms with Crippen LogP contribution in [0.25, 0.3) is 0 Å². The first-order chi connectivity index (χ1) is 31.0. The molecule has 2 unspecified atom stereocenters. The largest absolute Gasteiger partial charge is 0.399 e. The summed E-state index contributed by atoms with van der Waals surface area (Å²) in [6.45, 7) is 6.95. The summed E-state index contributed by atoms with van der Waals surface area (Å²) in [6, 6.07) is 37.6. The second-order valence-electron chi connectivity index (χ2n) is 20.1. The number of nitrogen functional groups attached to an aromatic ring is 2. The molecule has 4 N–H and O–H groups in total. The molecule has 2 nitrogen and oxygen atoms in total. The molecule has 0 saturated heterocycles. The Bertz CT molecular complexity index is 1610. The third-order valence-corrected chi connectivity index (χ3v) is 15.3. The zero-order chi connectivity index (χ0) is 44.4. The minimum Gasteiger partial charge on any atom is -0.399 e. The average molecular weight is 853 g/mol. The van der Waals surface area contributed by atoms with Gasteiger partial charge in [0.2, 0.25) is 0 Å². The summed E-state index contributed by atoms with van der Waals surface area (Å²) in [5, 5.41) is 0. The topological polar surface area (TPSA) is 52.0 Å². The minimum atomic E-state index is 0.0543. The van der Waals surface area contributed by atoms with Crippen LogP contribution in [0, 0.1) is 5.92 Å². The minimum absolute atomic E-state index is 0.0543. The summed E-state index contributed by atoms with van der Waals surface area (Å²) in [4.78, 5) is 0. The van der Waals surface area contributed by atoms with E-state index in [2.05, 4.69) is 118 Å². The summed E-state index contributed by atoms with van der Waals surface area (Å²) in [6.07, 6.45) is 40.4. The van der Waals surface area contributed by atoms with E-state index in [1.165, 1.54) is 226 Å². The van der Waals surface area contributed by atoms with Crippen molar-refractivity contribution in [2.45, 2.75) is 231 Å². The zero-order valence-corrected chi connectivity index (χ0v) is 40.8. The predicted octanol–water partition coefficient (Wildman–Crippen LogP) is 18.8. The second-order valence-corrected chi connectivity index (χ2v) is 20.1. The summed E-state index contributed by atoms with van der Waals surface area (Å²) in [5.41, 5.74) is 22.9. The van der Waals surface area contributed by atoms with E-state index in [4.69, 9.17) is 11.5 Å². The lowest BCUT2D eigenvalue weighted by molar-refractivity contribution is 0.250. The van der Waals surface area contributed by atoms with Gasteiger partial charge in [-0.1, -0.05) is 248 Å². The molecule has 2 heteroatoms. The van der Waals surface area contributed by atoms with Gasteiger partial charge in [-0.3, -0.25) is 0 Å². The SMILES string of the molecule is CCCCCCCCCCCCC(c1ccc(N)cc1)c1ccc(C2(c3ccc(C(CCCCCCCCCCCC)c4ccc(N)cc4)cc3)CCC(CCCCC)CC2)cc1. The maximum absolute atomic E-state index is 6.20. The zero-order valence-electron chi connectivity index (χ0n) is 40.8. The van der Waals surface area contributed by atoms with Crippen LogP contribution in [0.3, 0.4) is 0 Å². The van der Waals surface area contributed by atoms with Crippen molar-refractivity contribution in [2.75, 3.05) is 11.5 Å². The van der Waals surface area contributed by atoms with Crippen LogP contribution in [0.15, 0.2) is 97.1 Å². The molecular formula is C61H92N2. The monoisotopic (exact) mass is 853 g/mol. The number of nitrogens with two attached hydrogens (primary N) is 2. The Balaban J connectivity index is 1.31. The molecule has 346 valence electrons. The van der Waals surface area contributed by atoms with Gasteiger partial charge in [0.1, 0.15) is 0 Å². The standard InChI is InChI=1S/C61H92N2/c1-4-7-10-12-14-16-18-20-22-25-28-59(53-34-42-57(62)43-35-53)51-30-38-55(39-31-51)61(48-46-50(47-49-61)27-24-9-6-3)56-40-32-52(33-41-56)60(54-36-44-58(63)45-37-54)29-26-23-21-19-17-15-13-11-8-5-2/h30-45,50,59-60H,4-29,46-49,62-63H2,1-3H3. The van der Waals surface area contributed by atoms with Crippen LogP contribution in [0.4, 0.5) is 11.4 Å². The molecule has 4 aromatic rings. The molecule has 1 saturated carbocycles. The highest BCUT2D eigenvalue weighted by Gasteiger charge is 2.38. The van der Waals surface area contributed by atoms with Crippen molar-refractivity contribution in [1.29, 1.82) is 0 Å². The predicted molar refractivity (Wildman–Crippen MR) is 278 cm³/mol. The molecule has 0 amide bonds. The number of hydrogen-bond acceptors (Lipinski definition) is 2. The highest BCUT2D eigenvalue weighted by molar-refractivity contribution is 5.47. The molecule has 1 aliphatic carbocycles. The molecule has 1 fully saturated rings. The maximum Gasteiger partial charge on any atom is 0.0314 e. The van der Waals surface area contributed by atoms with Crippen molar-refractivity contribution in [1.82, 2.24) is 0 Å². The highest BCUT2D eigenvalue weighted by atomic mass is 14.5. The lowest BCUT2D eigenvalue weighted by Crippen LogP contribution is -2.33. The van der Waals surface area contributed by atoms with Crippen LogP contribution < -0.4 is 11.5 Å². The molecule has 0 aromatic heterocycles. The number of rotatable bonds is 32. The van der Waals surface area contributed by atoms with E-state index >= 15 is 0 Å². The van der Waals surface area contributed by atoms with Crippen LogP contribution in [-0.4, -0.2) is 0 Å². The van der Waals surface area contributed by atoms with Crippen molar-refractivity contribution in [3.63, 3.8) is 0 Å². The third kappa shape index (κ3) is 16.8. The Kier molecular flexibility index (Phi) is 23.3. The Labute approximate surface area is 388 Å². The number of unbranched alkanes of at least 4 members (excludes halogenated alkanes) is 20. The first-order valence-electron chi connectivity index (χ1n) is 26.9. The molecule has 0 radical (unpaired) electrons. The average Bonchev–Trinajstić information content (AvgIpc) is 3.31. The van der Waals surface area contributed by atoms with Crippen LogP contribution in [0.5, 0.6) is 0 Å². The Hall–Kier alpha value is -3.52. The molecule has 63 heavy (non-hydrogen) atoms. The van der Waals surface area contributed by atoms with E-state index in [0.717, 1.165) is 17.3 Å². The highest BCUT2D eigenvalue weighted by Crippen LogP contribution is 2.48. The Morgan fingerprint density at radius 3 is 1.00 bits per heavy atom. The molecule has 0 aliphatic heterocycles. The van der Waals surface area contributed by atoms with Gasteiger partial charge in [-0.2, -0.15) is 0 Å². The van der Waals surface area contributed by atoms with E-state index in [9.17, 15) is 0 Å². The van der Waals surface area contributed by atoms with Gasteiger partial charge in [-0.25, -0.2) is 0 Å². The fourth-order valence-electron chi connectivity index (χ4n) is 11.1. The van der Waals surface area contributed by atoms with Crippen molar-refractivity contribution in [3.05, 3.63) is 130 Å². The van der Waals surface area contributed by atoms with Gasteiger partial charge in [-0.05, 0) is 102 Å². The fourth-order valence-corrected chi connectivity index (χ4v) is 11.1. The summed E-state index contributed by atoms with van der Waals surface area (Å²) in [7, 11) is 0. The molecule has 0 heterocycles. The third-order valence-electron chi connectivity index (χ3n) is 15.3. The van der Waals surface area contributed by atoms with Gasteiger partial charge in [0.25, 0.3) is 0 Å². The molecule has 1 aliphatic rings. The molecule has 2 atom stereocenters. The van der Waals surface area contributed by atoms with Crippen LogP contribution >= 0.6 is 0 Å². The van der Waals surface area contributed by atoms with Crippen LogP contribution in [0.2, 0.25) is 0 Å². The molecular weight excluding hydrogens is 761 g/mol. The van der Waals surface area contributed by atoms with Crippen LogP contribution in [-0.2, 0) is 5.41 Å². The van der Waals surface area contributed by atoms with Crippen molar-refractivity contribution in [3.8, 4) is 0 Å². The number of anilines is 2. The first kappa shape index (κ1) is 50.5. The van der Waals surface area contributed by atoms with E-state index in [-0.39, 0.29) is 5.41 Å². The first-order valence-corrected chi connectivity index (χ1v) is 26.9. The summed E-state index contributed by atoms with van der Waals surface area (Å²) in [5.74, 6) is 1.66. The van der Waals surface area contributed by atoms with Crippen molar-refractivity contribution in [2.24, 2.45) is 5.92 Å². The van der Waals surface area contributed by atoms with Gasteiger partial charge in [0, 0.05) is 28.6 Å². The Morgan fingerprint density at radius 2 is 0.667 bits per heavy atom. The number of benzene rings is 4. The molecule has 4 aromatic carbocycles. The Morgan fingerprint density at radius 1 is 0.381 bits per heavy atom. The summed E-state index contributed by atoms with van der Waals surface area (Å²) >= 11 is 0. The van der Waals surface area contributed by atoms with E-state index in [1.807, 2.05) is 0 Å². The quantitative estimate of drug-likeness (QED) is 0.0380. The van der Waals surface area contributed by atoms with Gasteiger partial charge in [0.05, 0.1) is 0 Å². The summed E-state index contributed by atoms with van der Waals surface area (Å²) < 4.78 is 0. The van der Waals surface area contributed by atoms with Gasteiger partial charge in [-0.15, -0.1) is 0 Å². The van der Waals surface area contributed by atoms with Gasteiger partial charge < -0.3 is 11.5 Å². The molecule has 5 rings (SSSR count). The second kappa shape index (κ2) is 29.1. The van der Waals surface area contributed by atoms with Crippen molar-refractivity contribution >= 4 is 11.4 Å². The smallest absolute Gasteiger partial charge is 0.0314 e. The lowest BCUT2D eigenvalue weighted by atomic mass is 9.62. The van der Waals surface area contributed by atoms with Gasteiger partial charge in [0.15, 0.2) is 0 Å². The lowest BCUT2D eigenvalue weighted by Gasteiger charge is -2.42. The molecule has 0 spiro atoms. The van der Waals surface area contributed by atoms with E-state index < -0.39 is 0 Å². The number of hydrogen-bond donors (Lipinski definition) is 2. The van der Waals surface area contributed by atoms with Crippen LogP contribution in [0.1, 0.15) is 259 Å². The van der Waals surface area contributed by atoms with E-state index in [1.54, 1.807) is 0 Å². The van der Waals surface area contributed by atoms with E-state index in [0.29, 0.717) is 11.8 Å². The normalized spacial score (nSPS) is 17.5. The maximum atomic E-state index is 6.20. The fraction of sp³-hybridized carbons (Fsp3) is 0.607. The van der Waals surface area contributed by atoms with Crippen molar-refractivity contribution < 1.29 is 0 Å². The van der Waals surface area contributed by atoms with Gasteiger partial charge >= 0.3 is 0 Å². The molecule has 0 bridgehead atoms.